The molecule has 41 heavy (non-hydrogen) atoms. The summed E-state index contributed by atoms with van der Waals surface area (Å²) < 4.78 is 0. The van der Waals surface area contributed by atoms with E-state index >= 15 is 0 Å². The highest BCUT2D eigenvalue weighted by Crippen LogP contribution is 2.56. The number of hydrogen-bond donors (Lipinski definition) is 4. The lowest BCUT2D eigenvalue weighted by atomic mass is 9.56. The Morgan fingerprint density at radius 2 is 1.22 bits per heavy atom. The summed E-state index contributed by atoms with van der Waals surface area (Å²) in [6.07, 6.45) is 4.67. The highest BCUT2D eigenvalue weighted by Gasteiger charge is 2.46. The van der Waals surface area contributed by atoms with Gasteiger partial charge in [0.25, 0.3) is 5.91 Å². The molecule has 0 heterocycles. The van der Waals surface area contributed by atoms with E-state index in [1.807, 2.05) is 0 Å². The van der Waals surface area contributed by atoms with Gasteiger partial charge in [-0.05, 0) is 100 Å². The van der Waals surface area contributed by atoms with Crippen molar-refractivity contribution in [2.75, 3.05) is 17.2 Å². The molecule has 0 aliphatic heterocycles. The predicted molar refractivity (Wildman–Crippen MR) is 165 cm³/mol. The molecule has 0 saturated heterocycles. The van der Waals surface area contributed by atoms with Crippen LogP contribution in [0.4, 0.5) is 16.2 Å². The van der Waals surface area contributed by atoms with E-state index in [0.717, 1.165) is 31.4 Å². The molecule has 3 amide bonds. The average Bonchev–Trinajstić information content (AvgIpc) is 2.87. The highest BCUT2D eigenvalue weighted by atomic mass is 16.4. The van der Waals surface area contributed by atoms with Gasteiger partial charge in [0, 0.05) is 29.9 Å². The third kappa shape index (κ3) is 6.29. The summed E-state index contributed by atoms with van der Waals surface area (Å²) in [5.74, 6) is -1.05. The van der Waals surface area contributed by atoms with Gasteiger partial charge in [-0.25, -0.2) is 4.79 Å². The van der Waals surface area contributed by atoms with Gasteiger partial charge in [-0.3, -0.25) is 9.59 Å². The van der Waals surface area contributed by atoms with Crippen LogP contribution in [0.2, 0.25) is 0 Å². The highest BCUT2D eigenvalue weighted by molar-refractivity contribution is 6.06. The summed E-state index contributed by atoms with van der Waals surface area (Å²) in [6, 6.07) is 8.92. The number of urea groups is 1. The lowest BCUT2D eigenvalue weighted by Gasteiger charge is -2.49. The van der Waals surface area contributed by atoms with Gasteiger partial charge in [-0.1, -0.05) is 61.5 Å². The Hall–Kier alpha value is -3.35. The number of benzene rings is 2. The van der Waals surface area contributed by atoms with Gasteiger partial charge >= 0.3 is 12.0 Å². The normalized spacial score (nSPS) is 19.3. The molecule has 4 rings (SSSR count). The van der Waals surface area contributed by atoms with Crippen LogP contribution in [-0.2, 0) is 26.5 Å². The van der Waals surface area contributed by atoms with Gasteiger partial charge < -0.3 is 21.1 Å². The van der Waals surface area contributed by atoms with Crippen molar-refractivity contribution in [2.45, 2.75) is 116 Å². The molecule has 0 radical (unpaired) electrons. The maximum Gasteiger partial charge on any atom is 0.319 e. The topological polar surface area (TPSA) is 108 Å². The molecule has 2 aromatic carbocycles. The lowest BCUT2D eigenvalue weighted by Crippen LogP contribution is -2.41. The third-order valence-corrected chi connectivity index (χ3v) is 9.39. The van der Waals surface area contributed by atoms with Crippen LogP contribution < -0.4 is 16.0 Å². The van der Waals surface area contributed by atoms with Crippen molar-refractivity contribution in [1.29, 1.82) is 0 Å². The number of hydrogen-bond acceptors (Lipinski definition) is 3. The second-order valence-electron chi connectivity index (χ2n) is 14.5. The summed E-state index contributed by atoms with van der Waals surface area (Å²) in [5.41, 5.74) is 7.16. The maximum atomic E-state index is 13.8. The van der Waals surface area contributed by atoms with Crippen molar-refractivity contribution in [3.63, 3.8) is 0 Å². The molecular formula is C34H47N3O4. The smallest absolute Gasteiger partial charge is 0.319 e. The molecular weight excluding hydrogens is 514 g/mol. The van der Waals surface area contributed by atoms with E-state index < -0.39 is 12.0 Å². The Bertz CT molecular complexity index is 1300. The van der Waals surface area contributed by atoms with Gasteiger partial charge in [0.15, 0.2) is 0 Å². The molecule has 0 aromatic heterocycles. The molecule has 7 heteroatoms. The summed E-state index contributed by atoms with van der Waals surface area (Å²) in [4.78, 5) is 36.6. The number of carboxylic acid groups (broad SMARTS) is 1. The number of carbonyl (C=O) groups is 3. The van der Waals surface area contributed by atoms with Crippen molar-refractivity contribution in [3.8, 4) is 0 Å². The predicted octanol–water partition coefficient (Wildman–Crippen LogP) is 7.62. The fourth-order valence-electron chi connectivity index (χ4n) is 6.56. The van der Waals surface area contributed by atoms with E-state index in [-0.39, 0.29) is 40.5 Å². The van der Waals surface area contributed by atoms with E-state index in [4.69, 9.17) is 5.11 Å². The van der Waals surface area contributed by atoms with Crippen molar-refractivity contribution in [3.05, 3.63) is 58.1 Å². The van der Waals surface area contributed by atoms with Crippen molar-refractivity contribution in [2.24, 2.45) is 0 Å². The van der Waals surface area contributed by atoms with E-state index in [2.05, 4.69) is 77.4 Å². The molecule has 7 nitrogen and oxygen atoms in total. The summed E-state index contributed by atoms with van der Waals surface area (Å²) >= 11 is 0. The third-order valence-electron chi connectivity index (χ3n) is 9.39. The molecule has 2 aliphatic rings. The maximum absolute atomic E-state index is 13.8. The van der Waals surface area contributed by atoms with Crippen LogP contribution in [0, 0.1) is 0 Å². The minimum absolute atomic E-state index is 0.00127. The number of anilines is 2. The van der Waals surface area contributed by atoms with Gasteiger partial charge in [-0.2, -0.15) is 0 Å². The zero-order chi connectivity index (χ0) is 30.4. The molecule has 2 aromatic rings. The van der Waals surface area contributed by atoms with Crippen molar-refractivity contribution < 1.29 is 19.5 Å². The van der Waals surface area contributed by atoms with Gasteiger partial charge in [0.05, 0.1) is 0 Å². The Morgan fingerprint density at radius 3 is 1.71 bits per heavy atom. The molecule has 0 atom stereocenters. The summed E-state index contributed by atoms with van der Waals surface area (Å²) in [7, 11) is 0. The van der Waals surface area contributed by atoms with E-state index in [0.29, 0.717) is 17.7 Å². The van der Waals surface area contributed by atoms with E-state index in [1.54, 1.807) is 24.3 Å². The largest absolute Gasteiger partial charge is 0.481 e. The molecule has 0 bridgehead atoms. The minimum atomic E-state index is -0.892. The average molecular weight is 562 g/mol. The van der Waals surface area contributed by atoms with Crippen LogP contribution in [0.3, 0.4) is 0 Å². The van der Waals surface area contributed by atoms with Crippen LogP contribution in [0.25, 0.3) is 0 Å². The number of amides is 3. The number of rotatable bonds is 7. The first-order chi connectivity index (χ1) is 18.9. The first-order valence-electron chi connectivity index (χ1n) is 14.9. The van der Waals surface area contributed by atoms with E-state index in [1.165, 1.54) is 22.3 Å². The Kier molecular flexibility index (Phi) is 8.07. The second kappa shape index (κ2) is 10.8. The molecule has 0 fully saturated rings. The number of fused-ring (bicyclic) bond motifs is 2. The SMILES string of the molecule is CC1(C)CCC(C)(C)c2c1cc1c(c2NC(=O)c2ccc(NC(=O)NCCCC(=O)O)cc2)C(C)(C)CCC1(C)C. The standard InChI is InChI=1S/C34H47N3O4/c1-31(2)15-17-33(5,6)26-23(31)20-24-27(34(7,8)18-16-32(24,3)4)28(26)37-29(40)21-11-13-22(14-12-21)36-30(41)35-19-9-10-25(38)39/h11-14,20H,9-10,15-19H2,1-8H3,(H,37,40)(H,38,39)(H2,35,36,41). The number of carboxylic acids is 1. The van der Waals surface area contributed by atoms with E-state index in [9.17, 15) is 14.4 Å². The van der Waals surface area contributed by atoms with Crippen LogP contribution in [0.5, 0.6) is 0 Å². The number of aliphatic carboxylic acids is 1. The monoisotopic (exact) mass is 561 g/mol. The number of carbonyl (C=O) groups excluding carboxylic acids is 2. The molecule has 222 valence electrons. The molecule has 0 spiro atoms. The van der Waals surface area contributed by atoms with Gasteiger partial charge in [0.1, 0.15) is 0 Å². The van der Waals surface area contributed by atoms with Crippen LogP contribution >= 0.6 is 0 Å². The quantitative estimate of drug-likeness (QED) is 0.261. The Labute approximate surface area is 244 Å². The van der Waals surface area contributed by atoms with Crippen LogP contribution in [-0.4, -0.2) is 29.6 Å². The molecule has 0 saturated carbocycles. The second-order valence-corrected chi connectivity index (χ2v) is 14.5. The zero-order valence-electron chi connectivity index (χ0n) is 26.0. The fourth-order valence-corrected chi connectivity index (χ4v) is 6.56. The van der Waals surface area contributed by atoms with Crippen LogP contribution in [0.15, 0.2) is 30.3 Å². The Morgan fingerprint density at radius 1 is 0.732 bits per heavy atom. The first kappa shape index (κ1) is 30.6. The van der Waals surface area contributed by atoms with Crippen molar-refractivity contribution >= 4 is 29.3 Å². The number of nitrogens with one attached hydrogen (secondary N) is 3. The van der Waals surface area contributed by atoms with Crippen LogP contribution in [0.1, 0.15) is 127 Å². The summed E-state index contributed by atoms with van der Waals surface area (Å²) in [5, 5.41) is 17.5. The first-order valence-corrected chi connectivity index (χ1v) is 14.9. The lowest BCUT2D eigenvalue weighted by molar-refractivity contribution is -0.137. The molecule has 4 N–H and O–H groups in total. The minimum Gasteiger partial charge on any atom is -0.481 e. The molecule has 2 aliphatic carbocycles. The Balaban J connectivity index is 1.66. The fraction of sp³-hybridized carbons (Fsp3) is 0.559. The molecule has 0 unspecified atom stereocenters. The van der Waals surface area contributed by atoms with Gasteiger partial charge in [-0.15, -0.1) is 0 Å². The van der Waals surface area contributed by atoms with Crippen molar-refractivity contribution in [1.82, 2.24) is 5.32 Å². The van der Waals surface area contributed by atoms with Gasteiger partial charge in [0.2, 0.25) is 0 Å². The summed E-state index contributed by atoms with van der Waals surface area (Å²) in [6.45, 7) is 18.8. The zero-order valence-corrected chi connectivity index (χ0v) is 26.0.